The SMILES string of the molecule is CC(C)(C)C1CCN(c2cc(F)cc(F)c2N)C1. The van der Waals surface area contributed by atoms with Gasteiger partial charge >= 0.3 is 0 Å². The minimum Gasteiger partial charge on any atom is -0.395 e. The van der Waals surface area contributed by atoms with E-state index < -0.39 is 11.6 Å². The standard InChI is InChI=1S/C14H20F2N2/c1-14(2,3)9-4-5-18(8-9)12-7-10(15)6-11(16)13(12)17/h6-7,9H,4-5,8,17H2,1-3H3. The fourth-order valence-electron chi connectivity index (χ4n) is 2.52. The van der Waals surface area contributed by atoms with E-state index in [1.54, 1.807) is 0 Å². The molecule has 0 saturated carbocycles. The van der Waals surface area contributed by atoms with Crippen LogP contribution in [0.5, 0.6) is 0 Å². The second-order valence-corrected chi connectivity index (χ2v) is 6.12. The number of hydrogen-bond acceptors (Lipinski definition) is 2. The Hall–Kier alpha value is -1.32. The largest absolute Gasteiger partial charge is 0.395 e. The summed E-state index contributed by atoms with van der Waals surface area (Å²) in [5.74, 6) is -0.733. The average molecular weight is 254 g/mol. The zero-order valence-corrected chi connectivity index (χ0v) is 11.1. The van der Waals surface area contributed by atoms with Gasteiger partial charge in [-0.05, 0) is 23.8 Å². The number of rotatable bonds is 1. The van der Waals surface area contributed by atoms with Crippen LogP contribution in [0.2, 0.25) is 0 Å². The predicted octanol–water partition coefficient (Wildman–Crippen LogP) is 3.42. The van der Waals surface area contributed by atoms with E-state index in [-0.39, 0.29) is 11.1 Å². The van der Waals surface area contributed by atoms with E-state index in [1.165, 1.54) is 6.07 Å². The van der Waals surface area contributed by atoms with Crippen molar-refractivity contribution in [2.75, 3.05) is 23.7 Å². The third kappa shape index (κ3) is 2.42. The summed E-state index contributed by atoms with van der Waals surface area (Å²) in [6.45, 7) is 8.18. The summed E-state index contributed by atoms with van der Waals surface area (Å²) in [4.78, 5) is 1.98. The number of benzene rings is 1. The molecular weight excluding hydrogens is 234 g/mol. The normalized spacial score (nSPS) is 20.5. The quantitative estimate of drug-likeness (QED) is 0.778. The van der Waals surface area contributed by atoms with Crippen LogP contribution in [-0.4, -0.2) is 13.1 Å². The summed E-state index contributed by atoms with van der Waals surface area (Å²) in [5.41, 5.74) is 6.44. The fraction of sp³-hybridized carbons (Fsp3) is 0.571. The molecule has 1 fully saturated rings. The van der Waals surface area contributed by atoms with E-state index in [4.69, 9.17) is 5.73 Å². The first-order valence-corrected chi connectivity index (χ1v) is 6.28. The molecule has 100 valence electrons. The number of anilines is 2. The second kappa shape index (κ2) is 4.41. The Bertz CT molecular complexity index is 452. The molecule has 1 aromatic rings. The topological polar surface area (TPSA) is 29.3 Å². The summed E-state index contributed by atoms with van der Waals surface area (Å²) < 4.78 is 26.7. The molecule has 1 aromatic carbocycles. The molecule has 1 saturated heterocycles. The fourth-order valence-corrected chi connectivity index (χ4v) is 2.52. The Morgan fingerprint density at radius 2 is 1.94 bits per heavy atom. The van der Waals surface area contributed by atoms with Crippen LogP contribution in [0.4, 0.5) is 20.2 Å². The molecule has 1 heterocycles. The molecule has 2 rings (SSSR count). The second-order valence-electron chi connectivity index (χ2n) is 6.12. The van der Waals surface area contributed by atoms with Crippen LogP contribution in [-0.2, 0) is 0 Å². The number of hydrogen-bond donors (Lipinski definition) is 1. The van der Waals surface area contributed by atoms with Crippen molar-refractivity contribution < 1.29 is 8.78 Å². The maximum atomic E-state index is 13.4. The van der Waals surface area contributed by atoms with E-state index in [1.807, 2.05) is 4.90 Å². The molecule has 1 atom stereocenters. The maximum Gasteiger partial charge on any atom is 0.151 e. The van der Waals surface area contributed by atoms with Crippen LogP contribution in [0.3, 0.4) is 0 Å². The van der Waals surface area contributed by atoms with E-state index in [0.717, 1.165) is 25.6 Å². The molecular formula is C14H20F2N2. The molecule has 1 unspecified atom stereocenters. The van der Waals surface area contributed by atoms with Gasteiger partial charge in [-0.15, -0.1) is 0 Å². The lowest BCUT2D eigenvalue weighted by atomic mass is 9.80. The Balaban J connectivity index is 2.25. The van der Waals surface area contributed by atoms with Crippen LogP contribution < -0.4 is 10.6 Å². The van der Waals surface area contributed by atoms with Crippen LogP contribution in [0, 0.1) is 23.0 Å². The lowest BCUT2D eigenvalue weighted by molar-refractivity contribution is 0.263. The van der Waals surface area contributed by atoms with Crippen LogP contribution in [0.1, 0.15) is 27.2 Å². The van der Waals surface area contributed by atoms with Crippen LogP contribution in [0.15, 0.2) is 12.1 Å². The lowest BCUT2D eigenvalue weighted by Gasteiger charge is -2.28. The first-order chi connectivity index (χ1) is 8.29. The van der Waals surface area contributed by atoms with E-state index in [2.05, 4.69) is 20.8 Å². The minimum atomic E-state index is -0.677. The van der Waals surface area contributed by atoms with Gasteiger partial charge in [-0.1, -0.05) is 20.8 Å². The Labute approximate surface area is 107 Å². The van der Waals surface area contributed by atoms with Gasteiger partial charge in [-0.25, -0.2) is 8.78 Å². The molecule has 1 aliphatic rings. The molecule has 0 bridgehead atoms. The van der Waals surface area contributed by atoms with E-state index in [9.17, 15) is 8.78 Å². The number of nitrogens with zero attached hydrogens (tertiary/aromatic N) is 1. The summed E-state index contributed by atoms with van der Waals surface area (Å²) in [5, 5.41) is 0. The summed E-state index contributed by atoms with van der Waals surface area (Å²) in [6.07, 6.45) is 1.03. The van der Waals surface area contributed by atoms with Gasteiger partial charge in [-0.3, -0.25) is 0 Å². The molecule has 0 radical (unpaired) electrons. The Kier molecular flexibility index (Phi) is 3.21. The van der Waals surface area contributed by atoms with Crippen molar-refractivity contribution in [2.24, 2.45) is 11.3 Å². The molecule has 4 heteroatoms. The van der Waals surface area contributed by atoms with Crippen LogP contribution in [0.25, 0.3) is 0 Å². The zero-order chi connectivity index (χ0) is 13.5. The highest BCUT2D eigenvalue weighted by Crippen LogP contribution is 2.38. The van der Waals surface area contributed by atoms with Gasteiger partial charge in [0.25, 0.3) is 0 Å². The Morgan fingerprint density at radius 1 is 1.28 bits per heavy atom. The highest BCUT2D eigenvalue weighted by molar-refractivity contribution is 5.68. The first-order valence-electron chi connectivity index (χ1n) is 6.28. The summed E-state index contributed by atoms with van der Waals surface area (Å²) in [7, 11) is 0. The molecule has 0 aromatic heterocycles. The number of halogens is 2. The monoisotopic (exact) mass is 254 g/mol. The van der Waals surface area contributed by atoms with E-state index >= 15 is 0 Å². The molecule has 1 aliphatic heterocycles. The zero-order valence-electron chi connectivity index (χ0n) is 11.1. The molecule has 2 nitrogen and oxygen atoms in total. The van der Waals surface area contributed by atoms with Gasteiger partial charge in [0.05, 0.1) is 11.4 Å². The van der Waals surface area contributed by atoms with Crippen molar-refractivity contribution in [1.29, 1.82) is 0 Å². The molecule has 18 heavy (non-hydrogen) atoms. The van der Waals surface area contributed by atoms with Crippen molar-refractivity contribution in [3.8, 4) is 0 Å². The van der Waals surface area contributed by atoms with Gasteiger partial charge in [0.1, 0.15) is 5.82 Å². The molecule has 2 N–H and O–H groups in total. The Morgan fingerprint density at radius 3 is 2.50 bits per heavy atom. The van der Waals surface area contributed by atoms with Crippen molar-refractivity contribution >= 4 is 11.4 Å². The molecule has 0 spiro atoms. The molecule has 0 aliphatic carbocycles. The average Bonchev–Trinajstić information content (AvgIpc) is 2.71. The maximum absolute atomic E-state index is 13.4. The van der Waals surface area contributed by atoms with Gasteiger partial charge in [0.2, 0.25) is 0 Å². The lowest BCUT2D eigenvalue weighted by Crippen LogP contribution is -2.26. The van der Waals surface area contributed by atoms with Gasteiger partial charge < -0.3 is 10.6 Å². The van der Waals surface area contributed by atoms with Gasteiger partial charge in [0, 0.05) is 19.2 Å². The van der Waals surface area contributed by atoms with Crippen molar-refractivity contribution in [1.82, 2.24) is 0 Å². The third-order valence-electron chi connectivity index (χ3n) is 3.83. The van der Waals surface area contributed by atoms with Crippen molar-refractivity contribution in [2.45, 2.75) is 27.2 Å². The highest BCUT2D eigenvalue weighted by Gasteiger charge is 2.32. The number of nitrogens with two attached hydrogens (primary N) is 1. The first kappa shape index (κ1) is 13.1. The predicted molar refractivity (Wildman–Crippen MR) is 70.5 cm³/mol. The van der Waals surface area contributed by atoms with Crippen molar-refractivity contribution in [3.05, 3.63) is 23.8 Å². The summed E-state index contributed by atoms with van der Waals surface area (Å²) in [6, 6.07) is 2.15. The van der Waals surface area contributed by atoms with Crippen molar-refractivity contribution in [3.63, 3.8) is 0 Å². The minimum absolute atomic E-state index is 0.0472. The van der Waals surface area contributed by atoms with Gasteiger partial charge in [-0.2, -0.15) is 0 Å². The summed E-state index contributed by atoms with van der Waals surface area (Å²) >= 11 is 0. The molecule has 0 amide bonds. The van der Waals surface area contributed by atoms with Gasteiger partial charge in [0.15, 0.2) is 5.82 Å². The van der Waals surface area contributed by atoms with E-state index in [0.29, 0.717) is 11.6 Å². The number of nitrogen functional groups attached to an aromatic ring is 1. The third-order valence-corrected chi connectivity index (χ3v) is 3.83. The van der Waals surface area contributed by atoms with Crippen LogP contribution >= 0.6 is 0 Å². The smallest absolute Gasteiger partial charge is 0.151 e. The highest BCUT2D eigenvalue weighted by atomic mass is 19.1.